The number of rotatable bonds is 4. The summed E-state index contributed by atoms with van der Waals surface area (Å²) in [5, 5.41) is 0.734. The maximum atomic E-state index is 12.1. The number of fused-ring (bicyclic) bond motifs is 1. The fraction of sp³-hybridized carbons (Fsp3) is 0.0833. The predicted molar refractivity (Wildman–Crippen MR) is 83.0 cm³/mol. The molecule has 2 heterocycles. The maximum absolute atomic E-state index is 12.1. The average molecular weight is 345 g/mol. The molecule has 1 aromatic carbocycles. The second-order valence-corrected chi connectivity index (χ2v) is 8.78. The van der Waals surface area contributed by atoms with Crippen LogP contribution in [-0.4, -0.2) is 13.4 Å². The minimum absolute atomic E-state index is 0.178. The Morgan fingerprint density at radius 1 is 1.15 bits per heavy atom. The molecule has 0 aliphatic rings. The predicted octanol–water partition coefficient (Wildman–Crippen LogP) is 3.49. The van der Waals surface area contributed by atoms with Crippen molar-refractivity contribution in [3.05, 3.63) is 45.7 Å². The SMILES string of the molecule is O=S(=O)(NCc1nc2ccccc2s1)c1ccc(Cl)s1. The van der Waals surface area contributed by atoms with Crippen LogP contribution in [0.15, 0.2) is 40.6 Å². The highest BCUT2D eigenvalue weighted by molar-refractivity contribution is 7.91. The molecule has 0 aliphatic heterocycles. The third-order valence-corrected chi connectivity index (χ3v) is 6.73. The van der Waals surface area contributed by atoms with Crippen molar-refractivity contribution < 1.29 is 8.42 Å². The van der Waals surface area contributed by atoms with Gasteiger partial charge in [0.25, 0.3) is 0 Å². The monoisotopic (exact) mass is 344 g/mol. The van der Waals surface area contributed by atoms with Gasteiger partial charge in [0.2, 0.25) is 10.0 Å². The quantitative estimate of drug-likeness (QED) is 0.788. The van der Waals surface area contributed by atoms with Crippen LogP contribution in [0, 0.1) is 0 Å². The fourth-order valence-electron chi connectivity index (χ4n) is 1.67. The molecule has 0 radical (unpaired) electrons. The third kappa shape index (κ3) is 2.87. The zero-order valence-electron chi connectivity index (χ0n) is 10.0. The van der Waals surface area contributed by atoms with E-state index in [1.807, 2.05) is 24.3 Å². The molecule has 8 heteroatoms. The first-order chi connectivity index (χ1) is 9.54. The Hall–Kier alpha value is -0.990. The number of hydrogen-bond acceptors (Lipinski definition) is 5. The molecular weight excluding hydrogens is 336 g/mol. The molecule has 104 valence electrons. The van der Waals surface area contributed by atoms with Crippen LogP contribution in [-0.2, 0) is 16.6 Å². The van der Waals surface area contributed by atoms with E-state index in [1.54, 1.807) is 6.07 Å². The molecule has 0 saturated heterocycles. The molecule has 0 unspecified atom stereocenters. The highest BCUT2D eigenvalue weighted by Crippen LogP contribution is 2.26. The van der Waals surface area contributed by atoms with E-state index in [0.29, 0.717) is 4.34 Å². The highest BCUT2D eigenvalue weighted by atomic mass is 35.5. The summed E-state index contributed by atoms with van der Waals surface area (Å²) in [6.45, 7) is 0.178. The van der Waals surface area contributed by atoms with Crippen LogP contribution in [0.2, 0.25) is 4.34 Å². The van der Waals surface area contributed by atoms with Gasteiger partial charge in [-0.05, 0) is 24.3 Å². The molecule has 20 heavy (non-hydrogen) atoms. The molecular formula is C12H9ClN2O2S3. The Morgan fingerprint density at radius 2 is 1.95 bits per heavy atom. The van der Waals surface area contributed by atoms with Crippen LogP contribution in [0.1, 0.15) is 5.01 Å². The first-order valence-electron chi connectivity index (χ1n) is 5.64. The largest absolute Gasteiger partial charge is 0.250 e. The van der Waals surface area contributed by atoms with E-state index >= 15 is 0 Å². The Labute approximate surface area is 129 Å². The van der Waals surface area contributed by atoms with Crippen molar-refractivity contribution in [3.8, 4) is 0 Å². The first kappa shape index (κ1) is 14.0. The average Bonchev–Trinajstić information content (AvgIpc) is 3.02. The van der Waals surface area contributed by atoms with Crippen molar-refractivity contribution in [1.82, 2.24) is 9.71 Å². The standard InChI is InChI=1S/C12H9ClN2O2S3/c13-10-5-6-12(19-10)20(16,17)14-7-11-15-8-3-1-2-4-9(8)18-11/h1-6,14H,7H2. The maximum Gasteiger partial charge on any atom is 0.250 e. The van der Waals surface area contributed by atoms with Crippen LogP contribution >= 0.6 is 34.3 Å². The van der Waals surface area contributed by atoms with Crippen molar-refractivity contribution in [2.45, 2.75) is 10.8 Å². The van der Waals surface area contributed by atoms with E-state index in [2.05, 4.69) is 9.71 Å². The van der Waals surface area contributed by atoms with Crippen LogP contribution in [0.3, 0.4) is 0 Å². The van der Waals surface area contributed by atoms with Gasteiger partial charge in [-0.15, -0.1) is 22.7 Å². The van der Waals surface area contributed by atoms with Gasteiger partial charge in [0.05, 0.1) is 21.1 Å². The van der Waals surface area contributed by atoms with E-state index in [4.69, 9.17) is 11.6 Å². The van der Waals surface area contributed by atoms with E-state index in [-0.39, 0.29) is 10.8 Å². The fourth-order valence-corrected chi connectivity index (χ4v) is 5.18. The van der Waals surface area contributed by atoms with Crippen LogP contribution in [0.25, 0.3) is 10.2 Å². The van der Waals surface area contributed by atoms with Crippen molar-refractivity contribution >= 4 is 54.5 Å². The summed E-state index contributed by atoms with van der Waals surface area (Å²) in [7, 11) is -3.52. The van der Waals surface area contributed by atoms with Gasteiger partial charge in [-0.25, -0.2) is 18.1 Å². The highest BCUT2D eigenvalue weighted by Gasteiger charge is 2.17. The summed E-state index contributed by atoms with van der Waals surface area (Å²) in [5.41, 5.74) is 0.880. The molecule has 3 aromatic rings. The summed E-state index contributed by atoms with van der Waals surface area (Å²) in [6, 6.07) is 10.8. The summed E-state index contributed by atoms with van der Waals surface area (Å²) in [6.07, 6.45) is 0. The third-order valence-electron chi connectivity index (χ3n) is 2.56. The van der Waals surface area contributed by atoms with Crippen molar-refractivity contribution in [3.63, 3.8) is 0 Å². The number of nitrogens with zero attached hydrogens (tertiary/aromatic N) is 1. The smallest absolute Gasteiger partial charge is 0.240 e. The number of thiazole rings is 1. The Bertz CT molecular complexity index is 821. The van der Waals surface area contributed by atoms with Crippen LogP contribution < -0.4 is 4.72 Å². The topological polar surface area (TPSA) is 59.1 Å². The van der Waals surface area contributed by atoms with E-state index < -0.39 is 10.0 Å². The molecule has 0 atom stereocenters. The molecule has 0 spiro atoms. The lowest BCUT2D eigenvalue weighted by molar-refractivity contribution is 0.583. The van der Waals surface area contributed by atoms with Gasteiger partial charge < -0.3 is 0 Å². The molecule has 2 aromatic heterocycles. The molecule has 1 N–H and O–H groups in total. The van der Waals surface area contributed by atoms with Gasteiger partial charge >= 0.3 is 0 Å². The molecule has 0 saturated carbocycles. The van der Waals surface area contributed by atoms with Crippen molar-refractivity contribution in [2.24, 2.45) is 0 Å². The van der Waals surface area contributed by atoms with E-state index in [0.717, 1.165) is 26.6 Å². The van der Waals surface area contributed by atoms with E-state index in [9.17, 15) is 8.42 Å². The number of halogens is 1. The summed E-state index contributed by atoms with van der Waals surface area (Å²) < 4.78 is 28.3. The normalized spacial score (nSPS) is 12.1. The first-order valence-corrected chi connectivity index (χ1v) is 9.13. The molecule has 0 amide bonds. The summed E-state index contributed by atoms with van der Waals surface area (Å²) >= 11 is 8.26. The van der Waals surface area contributed by atoms with Crippen molar-refractivity contribution in [2.75, 3.05) is 0 Å². The van der Waals surface area contributed by atoms with E-state index in [1.165, 1.54) is 17.4 Å². The van der Waals surface area contributed by atoms with Gasteiger partial charge in [-0.1, -0.05) is 23.7 Å². The van der Waals surface area contributed by atoms with Gasteiger partial charge in [-0.3, -0.25) is 0 Å². The zero-order chi connectivity index (χ0) is 14.2. The Balaban J connectivity index is 1.79. The van der Waals surface area contributed by atoms with Gasteiger partial charge in [0.15, 0.2) is 0 Å². The molecule has 4 nitrogen and oxygen atoms in total. The Morgan fingerprint density at radius 3 is 2.65 bits per heavy atom. The second-order valence-electron chi connectivity index (χ2n) is 3.96. The number of nitrogens with one attached hydrogen (secondary N) is 1. The number of aromatic nitrogens is 1. The minimum Gasteiger partial charge on any atom is -0.240 e. The van der Waals surface area contributed by atoms with Crippen LogP contribution in [0.5, 0.6) is 0 Å². The lowest BCUT2D eigenvalue weighted by Crippen LogP contribution is -2.22. The summed E-state index contributed by atoms with van der Waals surface area (Å²) in [5.74, 6) is 0. The lowest BCUT2D eigenvalue weighted by Gasteiger charge is -2.01. The molecule has 0 bridgehead atoms. The zero-order valence-corrected chi connectivity index (χ0v) is 13.2. The second kappa shape index (κ2) is 5.42. The van der Waals surface area contributed by atoms with Gasteiger partial charge in [0, 0.05) is 0 Å². The van der Waals surface area contributed by atoms with Crippen molar-refractivity contribution in [1.29, 1.82) is 0 Å². The molecule has 0 aliphatic carbocycles. The van der Waals surface area contributed by atoms with Gasteiger partial charge in [0.1, 0.15) is 9.22 Å². The van der Waals surface area contributed by atoms with Crippen LogP contribution in [0.4, 0.5) is 0 Å². The summed E-state index contributed by atoms with van der Waals surface area (Å²) in [4.78, 5) is 4.38. The van der Waals surface area contributed by atoms with Gasteiger partial charge in [-0.2, -0.15) is 0 Å². The minimum atomic E-state index is -3.52. The number of benzene rings is 1. The number of thiophene rings is 1. The molecule has 3 rings (SSSR count). The number of para-hydroxylation sites is 1. The molecule has 0 fully saturated rings. The lowest BCUT2D eigenvalue weighted by atomic mass is 10.3. The number of hydrogen-bond donors (Lipinski definition) is 1. The Kier molecular flexibility index (Phi) is 3.78. The number of sulfonamides is 1.